The Hall–Kier alpha value is -1.36. The molecule has 1 aliphatic heterocycles. The van der Waals surface area contributed by atoms with Crippen molar-refractivity contribution in [3.8, 4) is 0 Å². The number of hydrogen-bond donors (Lipinski definition) is 3. The van der Waals surface area contributed by atoms with Crippen LogP contribution in [-0.2, 0) is 0 Å². The maximum absolute atomic E-state index is 11.7. The van der Waals surface area contributed by atoms with Crippen molar-refractivity contribution in [1.82, 2.24) is 20.8 Å². The Morgan fingerprint density at radius 1 is 1.71 bits per heavy atom. The third-order valence-corrected chi connectivity index (χ3v) is 2.53. The quantitative estimate of drug-likeness (QED) is 0.615. The predicted octanol–water partition coefficient (Wildman–Crippen LogP) is -0.108. The highest BCUT2D eigenvalue weighted by atomic mass is 16.2. The summed E-state index contributed by atoms with van der Waals surface area (Å²) >= 11 is 0. The van der Waals surface area contributed by atoms with Crippen LogP contribution < -0.4 is 10.6 Å². The smallest absolute Gasteiger partial charge is 0.269 e. The van der Waals surface area contributed by atoms with Crippen LogP contribution in [0.25, 0.3) is 0 Å². The van der Waals surface area contributed by atoms with Crippen LogP contribution in [0.4, 0.5) is 0 Å². The molecule has 0 spiro atoms. The molecule has 1 aromatic heterocycles. The Labute approximate surface area is 82.3 Å². The van der Waals surface area contributed by atoms with E-state index in [-0.39, 0.29) is 11.4 Å². The lowest BCUT2D eigenvalue weighted by molar-refractivity contribution is 0.0908. The average Bonchev–Trinajstić information content (AvgIpc) is 2.74. The highest BCUT2D eigenvalue weighted by molar-refractivity contribution is 5.92. The lowest BCUT2D eigenvalue weighted by atomic mass is 10.0. The second-order valence-electron chi connectivity index (χ2n) is 3.91. The molecule has 0 radical (unpaired) electrons. The minimum absolute atomic E-state index is 0.0892. The van der Waals surface area contributed by atoms with Gasteiger partial charge >= 0.3 is 0 Å². The number of aromatic amines is 1. The van der Waals surface area contributed by atoms with Crippen molar-refractivity contribution in [3.05, 3.63) is 18.0 Å². The fourth-order valence-corrected chi connectivity index (χ4v) is 1.65. The maximum Gasteiger partial charge on any atom is 0.269 e. The lowest BCUT2D eigenvalue weighted by Gasteiger charge is -2.23. The molecule has 14 heavy (non-hydrogen) atoms. The zero-order valence-electron chi connectivity index (χ0n) is 8.13. The second-order valence-corrected chi connectivity index (χ2v) is 3.91. The Balaban J connectivity index is 2.01. The van der Waals surface area contributed by atoms with Gasteiger partial charge in [-0.2, -0.15) is 5.10 Å². The third-order valence-electron chi connectivity index (χ3n) is 2.53. The van der Waals surface area contributed by atoms with Gasteiger partial charge in [-0.3, -0.25) is 9.89 Å². The van der Waals surface area contributed by atoms with E-state index in [1.807, 2.05) is 6.92 Å². The van der Waals surface area contributed by atoms with E-state index in [9.17, 15) is 4.79 Å². The number of hydrogen-bond acceptors (Lipinski definition) is 3. The maximum atomic E-state index is 11.7. The molecule has 1 aliphatic rings. The summed E-state index contributed by atoms with van der Waals surface area (Å²) in [5.41, 5.74) is 0.389. The Bertz CT molecular complexity index is 314. The van der Waals surface area contributed by atoms with E-state index < -0.39 is 0 Å². The van der Waals surface area contributed by atoms with E-state index in [1.54, 1.807) is 12.3 Å². The number of aromatic nitrogens is 2. The zero-order valence-corrected chi connectivity index (χ0v) is 8.13. The molecule has 1 aromatic rings. The molecule has 2 heterocycles. The van der Waals surface area contributed by atoms with Gasteiger partial charge in [-0.25, -0.2) is 0 Å². The van der Waals surface area contributed by atoms with E-state index in [0.717, 1.165) is 19.5 Å². The van der Waals surface area contributed by atoms with Crippen LogP contribution in [0, 0.1) is 0 Å². The van der Waals surface area contributed by atoms with Crippen LogP contribution in [0.15, 0.2) is 12.3 Å². The molecule has 1 saturated heterocycles. The predicted molar refractivity (Wildman–Crippen MR) is 51.9 cm³/mol. The fourth-order valence-electron chi connectivity index (χ4n) is 1.65. The van der Waals surface area contributed by atoms with Gasteiger partial charge in [0.05, 0.1) is 5.54 Å². The van der Waals surface area contributed by atoms with Crippen molar-refractivity contribution >= 4 is 5.91 Å². The number of carbonyl (C=O) groups is 1. The molecule has 1 unspecified atom stereocenters. The molecule has 1 atom stereocenters. The number of amides is 1. The summed E-state index contributed by atoms with van der Waals surface area (Å²) in [6, 6.07) is 1.67. The number of nitrogens with one attached hydrogen (secondary N) is 3. The monoisotopic (exact) mass is 194 g/mol. The molecule has 3 N–H and O–H groups in total. The molecule has 76 valence electrons. The Morgan fingerprint density at radius 3 is 3.14 bits per heavy atom. The van der Waals surface area contributed by atoms with E-state index >= 15 is 0 Å². The standard InChI is InChI=1S/C9H14N4O/c1-9(3-5-10-6-9)12-8(14)7-2-4-11-13-7/h2,4,10H,3,5-6H2,1H3,(H,11,13)(H,12,14). The van der Waals surface area contributed by atoms with Crippen LogP contribution in [0.5, 0.6) is 0 Å². The number of rotatable bonds is 2. The van der Waals surface area contributed by atoms with E-state index in [4.69, 9.17) is 0 Å². The minimum atomic E-state index is -0.123. The Kier molecular flexibility index (Phi) is 2.25. The van der Waals surface area contributed by atoms with Gasteiger partial charge in [0.1, 0.15) is 5.69 Å². The van der Waals surface area contributed by atoms with E-state index in [1.165, 1.54) is 0 Å². The van der Waals surface area contributed by atoms with Crippen LogP contribution in [-0.4, -0.2) is 34.7 Å². The van der Waals surface area contributed by atoms with Crippen LogP contribution >= 0.6 is 0 Å². The topological polar surface area (TPSA) is 69.8 Å². The lowest BCUT2D eigenvalue weighted by Crippen LogP contribution is -2.47. The molecule has 5 nitrogen and oxygen atoms in total. The van der Waals surface area contributed by atoms with Crippen molar-refractivity contribution in [2.75, 3.05) is 13.1 Å². The molecular weight excluding hydrogens is 180 g/mol. The van der Waals surface area contributed by atoms with Crippen molar-refractivity contribution in [2.45, 2.75) is 18.9 Å². The van der Waals surface area contributed by atoms with Gasteiger partial charge in [-0.05, 0) is 26.0 Å². The van der Waals surface area contributed by atoms with Crippen molar-refractivity contribution in [2.24, 2.45) is 0 Å². The number of nitrogens with zero attached hydrogens (tertiary/aromatic N) is 1. The molecule has 2 rings (SSSR count). The van der Waals surface area contributed by atoms with Crippen LogP contribution in [0.1, 0.15) is 23.8 Å². The van der Waals surface area contributed by atoms with E-state index in [0.29, 0.717) is 5.69 Å². The molecular formula is C9H14N4O. The molecule has 0 aliphatic carbocycles. The van der Waals surface area contributed by atoms with Crippen molar-refractivity contribution < 1.29 is 4.79 Å². The van der Waals surface area contributed by atoms with Gasteiger partial charge in [-0.15, -0.1) is 0 Å². The van der Waals surface area contributed by atoms with Crippen molar-refractivity contribution in [1.29, 1.82) is 0 Å². The van der Waals surface area contributed by atoms with Gasteiger partial charge in [0.15, 0.2) is 0 Å². The molecule has 0 aromatic carbocycles. The summed E-state index contributed by atoms with van der Waals surface area (Å²) in [5.74, 6) is -0.0892. The summed E-state index contributed by atoms with van der Waals surface area (Å²) in [6.45, 7) is 3.83. The highest BCUT2D eigenvalue weighted by Crippen LogP contribution is 2.13. The summed E-state index contributed by atoms with van der Waals surface area (Å²) in [6.07, 6.45) is 2.54. The first-order chi connectivity index (χ1) is 6.70. The first-order valence-corrected chi connectivity index (χ1v) is 4.72. The first kappa shape index (κ1) is 9.21. The fraction of sp³-hybridized carbons (Fsp3) is 0.556. The molecule has 0 bridgehead atoms. The largest absolute Gasteiger partial charge is 0.344 e. The minimum Gasteiger partial charge on any atom is -0.344 e. The highest BCUT2D eigenvalue weighted by Gasteiger charge is 2.30. The normalized spacial score (nSPS) is 26.4. The van der Waals surface area contributed by atoms with Gasteiger partial charge in [-0.1, -0.05) is 0 Å². The van der Waals surface area contributed by atoms with Crippen LogP contribution in [0.3, 0.4) is 0 Å². The zero-order chi connectivity index (χ0) is 10.0. The summed E-state index contributed by atoms with van der Waals surface area (Å²) < 4.78 is 0. The van der Waals surface area contributed by atoms with Crippen LogP contribution in [0.2, 0.25) is 0 Å². The van der Waals surface area contributed by atoms with Gasteiger partial charge in [0.25, 0.3) is 5.91 Å². The average molecular weight is 194 g/mol. The Morgan fingerprint density at radius 2 is 2.57 bits per heavy atom. The van der Waals surface area contributed by atoms with Gasteiger partial charge < -0.3 is 10.6 Å². The SMILES string of the molecule is CC1(NC(=O)c2ccn[nH]2)CCNC1. The number of H-pyrrole nitrogens is 1. The summed E-state index contributed by atoms with van der Waals surface area (Å²) in [4.78, 5) is 11.7. The van der Waals surface area contributed by atoms with Gasteiger partial charge in [0.2, 0.25) is 0 Å². The summed E-state index contributed by atoms with van der Waals surface area (Å²) in [7, 11) is 0. The first-order valence-electron chi connectivity index (χ1n) is 4.72. The second kappa shape index (κ2) is 3.42. The molecule has 0 saturated carbocycles. The molecule has 5 heteroatoms. The van der Waals surface area contributed by atoms with Crippen molar-refractivity contribution in [3.63, 3.8) is 0 Å². The summed E-state index contributed by atoms with van der Waals surface area (Å²) in [5, 5.41) is 12.6. The molecule has 1 amide bonds. The molecule has 1 fully saturated rings. The number of carbonyl (C=O) groups excluding carboxylic acids is 1. The van der Waals surface area contributed by atoms with Gasteiger partial charge in [0, 0.05) is 12.7 Å². The third kappa shape index (κ3) is 1.77. The van der Waals surface area contributed by atoms with E-state index in [2.05, 4.69) is 20.8 Å².